The summed E-state index contributed by atoms with van der Waals surface area (Å²) in [6.07, 6.45) is 2.22. The number of sulfone groups is 1. The van der Waals surface area contributed by atoms with Gasteiger partial charge in [0.15, 0.2) is 34.8 Å². The summed E-state index contributed by atoms with van der Waals surface area (Å²) in [5.74, 6) is -0.217. The van der Waals surface area contributed by atoms with Gasteiger partial charge in [0.2, 0.25) is 0 Å². The molecule has 2 aliphatic heterocycles. The van der Waals surface area contributed by atoms with E-state index in [9.17, 15) is 8.42 Å². The normalized spacial score (nSPS) is 26.5. The fourth-order valence-corrected chi connectivity index (χ4v) is 14.6. The van der Waals surface area contributed by atoms with E-state index in [1.807, 2.05) is 6.07 Å². The van der Waals surface area contributed by atoms with Crippen LogP contribution in [0.2, 0.25) is 54.4 Å². The number of methoxy groups -OCH3 is 1. The molecule has 4 unspecified atom stereocenters. The van der Waals surface area contributed by atoms with Crippen molar-refractivity contribution >= 4 is 34.8 Å². The van der Waals surface area contributed by atoms with Crippen LogP contribution >= 0.6 is 0 Å². The summed E-state index contributed by atoms with van der Waals surface area (Å²) in [5, 5.41) is 0.0477. The molecule has 2 fully saturated rings. The highest BCUT2D eigenvalue weighted by Crippen LogP contribution is 2.43. The average Bonchev–Trinajstić information content (AvgIpc) is 3.42. The molecule has 2 aliphatic rings. The summed E-state index contributed by atoms with van der Waals surface area (Å²) in [5.41, 5.74) is 1.06. The Bertz CT molecular complexity index is 1460. The van der Waals surface area contributed by atoms with Crippen LogP contribution in [0.15, 0.2) is 47.4 Å². The zero-order chi connectivity index (χ0) is 42.3. The number of ether oxygens (including phenoxy) is 3. The Labute approximate surface area is 346 Å². The number of hydrogen-bond acceptors (Lipinski definition) is 8. The lowest BCUT2D eigenvalue weighted by Crippen LogP contribution is -2.49. The zero-order valence-corrected chi connectivity index (χ0v) is 42.0. The maximum atomic E-state index is 14.1. The molecule has 0 aromatic heterocycles. The monoisotopic (exact) mass is 855 g/mol. The fourth-order valence-electron chi connectivity index (χ4n) is 7.83. The molecule has 1 aromatic rings. The minimum atomic E-state index is -3.65. The van der Waals surface area contributed by atoms with Crippen molar-refractivity contribution in [1.82, 2.24) is 0 Å². The molecule has 1 aromatic carbocycles. The summed E-state index contributed by atoms with van der Waals surface area (Å²) in [4.78, 5) is 0.314. The third-order valence-corrected chi connectivity index (χ3v) is 29.6. The molecule has 0 radical (unpaired) electrons. The first-order valence-corrected chi connectivity index (χ1v) is 31.6. The van der Waals surface area contributed by atoms with E-state index in [4.69, 9.17) is 27.5 Å². The summed E-state index contributed by atoms with van der Waals surface area (Å²) >= 11 is 0. The molecule has 2 saturated heterocycles. The summed E-state index contributed by atoms with van der Waals surface area (Å²) in [6, 6.07) is 12.2. The molecule has 0 spiro atoms. The quantitative estimate of drug-likeness (QED) is 0.0686. The SMILES string of the molecule is C=C1C(C)CC(CCCO[Si](CC)(CC)CC)O[C@@H]1C[C@@H]1O[C@H](CC(CO[Si](C)(C)C(C)(C)C)O[Si](C)(C)C(C)(C)C)[C@H](OC)C1CS(=O)(=O)c1ccccc1. The van der Waals surface area contributed by atoms with Crippen LogP contribution in [-0.4, -0.2) is 96.1 Å². The van der Waals surface area contributed by atoms with Gasteiger partial charge in [0.05, 0.1) is 53.9 Å². The van der Waals surface area contributed by atoms with Crippen molar-refractivity contribution in [3.8, 4) is 0 Å². The predicted molar refractivity (Wildman–Crippen MR) is 240 cm³/mol. The Hall–Kier alpha value is -0.679. The highest BCUT2D eigenvalue weighted by molar-refractivity contribution is 7.91. The van der Waals surface area contributed by atoms with E-state index in [1.165, 1.54) is 0 Å². The molecule has 0 aliphatic carbocycles. The largest absolute Gasteiger partial charge is 0.417 e. The zero-order valence-electron chi connectivity index (χ0n) is 38.2. The van der Waals surface area contributed by atoms with Gasteiger partial charge < -0.3 is 27.5 Å². The van der Waals surface area contributed by atoms with Gasteiger partial charge in [0, 0.05) is 32.5 Å². The van der Waals surface area contributed by atoms with E-state index in [-0.39, 0.29) is 46.2 Å². The second-order valence-corrected chi connectivity index (χ2v) is 36.3. The molecule has 0 saturated carbocycles. The van der Waals surface area contributed by atoms with E-state index in [0.29, 0.717) is 24.3 Å². The van der Waals surface area contributed by atoms with Crippen molar-refractivity contribution in [2.45, 2.75) is 197 Å². The third kappa shape index (κ3) is 12.9. The van der Waals surface area contributed by atoms with Gasteiger partial charge >= 0.3 is 0 Å². The number of benzene rings is 1. The predicted octanol–water partition coefficient (Wildman–Crippen LogP) is 11.2. The first-order valence-electron chi connectivity index (χ1n) is 21.6. The van der Waals surface area contributed by atoms with Crippen LogP contribution in [0, 0.1) is 11.8 Å². The second kappa shape index (κ2) is 20.3. The van der Waals surface area contributed by atoms with Crippen LogP contribution in [0.25, 0.3) is 0 Å². The minimum Gasteiger partial charge on any atom is -0.417 e. The third-order valence-electron chi connectivity index (χ3n) is 14.1. The molecule has 0 amide bonds. The molecule has 3 rings (SSSR count). The highest BCUT2D eigenvalue weighted by Gasteiger charge is 2.50. The van der Waals surface area contributed by atoms with Gasteiger partial charge in [0.1, 0.15) is 0 Å². The molecule has 8 atom stereocenters. The Kier molecular flexibility index (Phi) is 18.0. The first-order chi connectivity index (χ1) is 25.9. The van der Waals surface area contributed by atoms with Crippen LogP contribution in [0.1, 0.15) is 101 Å². The summed E-state index contributed by atoms with van der Waals surface area (Å²) in [6.45, 7) is 37.4. The molecule has 0 N–H and O–H groups in total. The second-order valence-electron chi connectivity index (χ2n) is 19.9. The van der Waals surface area contributed by atoms with Crippen molar-refractivity contribution in [3.05, 3.63) is 42.5 Å². The van der Waals surface area contributed by atoms with Crippen molar-refractivity contribution in [3.63, 3.8) is 0 Å². The van der Waals surface area contributed by atoms with E-state index >= 15 is 0 Å². The molecule has 324 valence electrons. The van der Waals surface area contributed by atoms with E-state index < -0.39 is 52.9 Å². The van der Waals surface area contributed by atoms with Crippen LogP contribution in [0.4, 0.5) is 0 Å². The van der Waals surface area contributed by atoms with Crippen LogP contribution in [0.3, 0.4) is 0 Å². The Morgan fingerprint density at radius 3 is 2.00 bits per heavy atom. The lowest BCUT2D eigenvalue weighted by molar-refractivity contribution is -0.0759. The summed E-state index contributed by atoms with van der Waals surface area (Å²) in [7, 11) is -7.92. The van der Waals surface area contributed by atoms with Gasteiger partial charge in [-0.2, -0.15) is 0 Å². The van der Waals surface area contributed by atoms with Crippen molar-refractivity contribution in [1.29, 1.82) is 0 Å². The lowest BCUT2D eigenvalue weighted by Gasteiger charge is -2.42. The van der Waals surface area contributed by atoms with Crippen molar-refractivity contribution in [2.75, 3.05) is 26.1 Å². The van der Waals surface area contributed by atoms with Crippen molar-refractivity contribution < 1.29 is 35.9 Å². The van der Waals surface area contributed by atoms with Gasteiger partial charge in [-0.1, -0.05) is 94.0 Å². The molecule has 0 bridgehead atoms. The Balaban J connectivity index is 1.92. The Morgan fingerprint density at radius 1 is 0.875 bits per heavy atom. The Morgan fingerprint density at radius 2 is 1.46 bits per heavy atom. The average molecular weight is 855 g/mol. The minimum absolute atomic E-state index is 0.000640. The van der Waals surface area contributed by atoms with E-state index in [1.54, 1.807) is 31.4 Å². The smallest absolute Gasteiger partial charge is 0.192 e. The fraction of sp³-hybridized carbons (Fsp3) is 0.818. The van der Waals surface area contributed by atoms with Gasteiger partial charge in [0.25, 0.3) is 0 Å². The highest BCUT2D eigenvalue weighted by atomic mass is 32.2. The topological polar surface area (TPSA) is 89.5 Å². The van der Waals surface area contributed by atoms with Gasteiger partial charge in [-0.3, -0.25) is 0 Å². The summed E-state index contributed by atoms with van der Waals surface area (Å²) < 4.78 is 68.9. The van der Waals surface area contributed by atoms with Gasteiger partial charge in [-0.15, -0.1) is 0 Å². The van der Waals surface area contributed by atoms with Crippen molar-refractivity contribution in [2.24, 2.45) is 11.8 Å². The van der Waals surface area contributed by atoms with Crippen LogP contribution in [0.5, 0.6) is 0 Å². The van der Waals surface area contributed by atoms with Crippen LogP contribution < -0.4 is 0 Å². The van der Waals surface area contributed by atoms with Gasteiger partial charge in [-0.05, 0) is 97.3 Å². The molecular weight excluding hydrogens is 773 g/mol. The van der Waals surface area contributed by atoms with E-state index in [2.05, 4.69) is 102 Å². The molecule has 2 heterocycles. The molecular formula is C44H82O8SSi3. The van der Waals surface area contributed by atoms with E-state index in [0.717, 1.165) is 49.6 Å². The lowest BCUT2D eigenvalue weighted by atomic mass is 9.83. The first kappa shape index (κ1) is 49.7. The number of rotatable bonds is 21. The maximum Gasteiger partial charge on any atom is 0.192 e. The van der Waals surface area contributed by atoms with Gasteiger partial charge in [-0.25, -0.2) is 8.42 Å². The molecule has 12 heteroatoms. The van der Waals surface area contributed by atoms with Crippen LogP contribution in [-0.2, 0) is 37.3 Å². The number of hydrogen-bond donors (Lipinski definition) is 0. The molecule has 56 heavy (non-hydrogen) atoms. The maximum absolute atomic E-state index is 14.1. The standard InChI is InChI=1S/C44H82O8SSi3/c1-17-56(18-2,19-3)48-27-23-24-35-28-33(4)34(5)39(50-35)30-40-38(32-53(45,46)37-25-21-20-22-26-37)42(47-12)41(51-40)29-36(52-55(15,16)44(9,10)11)31-49-54(13,14)43(6,7)8/h20-22,25-26,33,35-36,38-42H,5,17-19,23-24,27-32H2,1-4,6-16H3/t33?,35?,36?,38?,39-,40+,41-,42-/m1/s1. The molecule has 8 nitrogen and oxygen atoms in total.